The highest BCUT2D eigenvalue weighted by Gasteiger charge is 2.28. The fraction of sp³-hybridized carbons (Fsp3) is 1.00. The van der Waals surface area contributed by atoms with Crippen molar-refractivity contribution in [2.75, 3.05) is 7.05 Å². The summed E-state index contributed by atoms with van der Waals surface area (Å²) < 4.78 is 0. The maximum atomic E-state index is 2.52. The standard InChI is InChI=1S/C9H19N/c1-7(2)9-6-5-8(3)10(9)4/h7-9H,5-6H2,1-4H3. The third-order valence-corrected chi connectivity index (χ3v) is 2.87. The highest BCUT2D eigenvalue weighted by atomic mass is 15.2. The van der Waals surface area contributed by atoms with Crippen molar-refractivity contribution in [3.8, 4) is 0 Å². The van der Waals surface area contributed by atoms with Gasteiger partial charge in [-0.3, -0.25) is 0 Å². The Morgan fingerprint density at radius 1 is 1.30 bits per heavy atom. The van der Waals surface area contributed by atoms with Crippen molar-refractivity contribution in [2.24, 2.45) is 5.92 Å². The van der Waals surface area contributed by atoms with Crippen molar-refractivity contribution in [2.45, 2.75) is 45.7 Å². The minimum Gasteiger partial charge on any atom is -0.300 e. The molecule has 1 heteroatoms. The highest BCUT2D eigenvalue weighted by Crippen LogP contribution is 2.26. The van der Waals surface area contributed by atoms with Crippen molar-refractivity contribution in [1.82, 2.24) is 4.90 Å². The molecule has 1 aliphatic rings. The van der Waals surface area contributed by atoms with Gasteiger partial charge in [-0.05, 0) is 32.7 Å². The van der Waals surface area contributed by atoms with Gasteiger partial charge < -0.3 is 4.90 Å². The second kappa shape index (κ2) is 2.91. The smallest absolute Gasteiger partial charge is 0.0119 e. The lowest BCUT2D eigenvalue weighted by Crippen LogP contribution is -2.33. The summed E-state index contributed by atoms with van der Waals surface area (Å²) in [6.45, 7) is 6.96. The molecule has 2 unspecified atom stereocenters. The molecular formula is C9H19N. The average molecular weight is 141 g/mol. The molecule has 2 atom stereocenters. The van der Waals surface area contributed by atoms with E-state index in [0.717, 1.165) is 18.0 Å². The predicted octanol–water partition coefficient (Wildman–Crippen LogP) is 2.13. The Balaban J connectivity index is 2.49. The SMILES string of the molecule is CC(C)C1CCC(C)N1C. The van der Waals surface area contributed by atoms with E-state index in [4.69, 9.17) is 0 Å². The normalized spacial score (nSPS) is 35.7. The van der Waals surface area contributed by atoms with E-state index in [-0.39, 0.29) is 0 Å². The van der Waals surface area contributed by atoms with E-state index >= 15 is 0 Å². The van der Waals surface area contributed by atoms with Crippen LogP contribution in [-0.2, 0) is 0 Å². The van der Waals surface area contributed by atoms with Gasteiger partial charge in [-0.15, -0.1) is 0 Å². The van der Waals surface area contributed by atoms with Crippen LogP contribution in [0.15, 0.2) is 0 Å². The van der Waals surface area contributed by atoms with Gasteiger partial charge in [-0.2, -0.15) is 0 Å². The molecule has 10 heavy (non-hydrogen) atoms. The third-order valence-electron chi connectivity index (χ3n) is 2.87. The van der Waals surface area contributed by atoms with Crippen LogP contribution in [0.2, 0.25) is 0 Å². The first kappa shape index (κ1) is 8.06. The summed E-state index contributed by atoms with van der Waals surface area (Å²) >= 11 is 0. The molecule has 0 amide bonds. The topological polar surface area (TPSA) is 3.24 Å². The Bertz CT molecular complexity index is 109. The van der Waals surface area contributed by atoms with Gasteiger partial charge in [0.1, 0.15) is 0 Å². The summed E-state index contributed by atoms with van der Waals surface area (Å²) in [6, 6.07) is 1.65. The molecule has 0 aromatic rings. The van der Waals surface area contributed by atoms with Crippen LogP contribution in [0.25, 0.3) is 0 Å². The van der Waals surface area contributed by atoms with Gasteiger partial charge >= 0.3 is 0 Å². The van der Waals surface area contributed by atoms with Crippen LogP contribution < -0.4 is 0 Å². The lowest BCUT2D eigenvalue weighted by Gasteiger charge is -2.26. The fourth-order valence-corrected chi connectivity index (χ4v) is 1.95. The van der Waals surface area contributed by atoms with E-state index in [9.17, 15) is 0 Å². The maximum Gasteiger partial charge on any atom is 0.0119 e. The Hall–Kier alpha value is -0.0400. The molecule has 1 saturated heterocycles. The van der Waals surface area contributed by atoms with Gasteiger partial charge in [0.25, 0.3) is 0 Å². The Kier molecular flexibility index (Phi) is 2.35. The van der Waals surface area contributed by atoms with Crippen molar-refractivity contribution in [1.29, 1.82) is 0 Å². The molecule has 1 rings (SSSR count). The van der Waals surface area contributed by atoms with Crippen LogP contribution in [0.4, 0.5) is 0 Å². The second-order valence-corrected chi connectivity index (χ2v) is 3.90. The van der Waals surface area contributed by atoms with Gasteiger partial charge in [0, 0.05) is 12.1 Å². The fourth-order valence-electron chi connectivity index (χ4n) is 1.95. The first-order valence-corrected chi connectivity index (χ1v) is 4.35. The van der Waals surface area contributed by atoms with Crippen LogP contribution in [0.5, 0.6) is 0 Å². The minimum absolute atomic E-state index is 0.812. The molecule has 0 aromatic heterocycles. The Morgan fingerprint density at radius 3 is 2.10 bits per heavy atom. The molecule has 0 saturated carbocycles. The first-order valence-electron chi connectivity index (χ1n) is 4.35. The van der Waals surface area contributed by atoms with Gasteiger partial charge in [0.05, 0.1) is 0 Å². The summed E-state index contributed by atoms with van der Waals surface area (Å²) in [6.07, 6.45) is 2.79. The molecule has 1 nitrogen and oxygen atoms in total. The summed E-state index contributed by atoms with van der Waals surface area (Å²) in [5, 5.41) is 0. The van der Waals surface area contributed by atoms with E-state index in [1.54, 1.807) is 0 Å². The van der Waals surface area contributed by atoms with Gasteiger partial charge in [0.2, 0.25) is 0 Å². The number of likely N-dealkylation sites (tertiary alicyclic amines) is 1. The molecule has 60 valence electrons. The summed E-state index contributed by atoms with van der Waals surface area (Å²) in [4.78, 5) is 2.52. The van der Waals surface area contributed by atoms with Gasteiger partial charge in [-0.1, -0.05) is 13.8 Å². The molecule has 0 N–H and O–H groups in total. The molecule has 1 aliphatic heterocycles. The Morgan fingerprint density at radius 2 is 1.90 bits per heavy atom. The maximum absolute atomic E-state index is 2.52. The van der Waals surface area contributed by atoms with E-state index < -0.39 is 0 Å². The number of nitrogens with zero attached hydrogens (tertiary/aromatic N) is 1. The van der Waals surface area contributed by atoms with Gasteiger partial charge in [0.15, 0.2) is 0 Å². The van der Waals surface area contributed by atoms with Crippen LogP contribution in [-0.4, -0.2) is 24.0 Å². The molecule has 0 aliphatic carbocycles. The molecule has 0 radical (unpaired) electrons. The molecule has 1 fully saturated rings. The zero-order valence-electron chi connectivity index (χ0n) is 7.59. The molecule has 1 heterocycles. The first-order chi connectivity index (χ1) is 4.63. The molecule has 0 aromatic carbocycles. The zero-order chi connectivity index (χ0) is 7.72. The number of hydrogen-bond donors (Lipinski definition) is 0. The number of rotatable bonds is 1. The van der Waals surface area contributed by atoms with E-state index in [0.29, 0.717) is 0 Å². The van der Waals surface area contributed by atoms with E-state index in [2.05, 4.69) is 32.7 Å². The van der Waals surface area contributed by atoms with Crippen LogP contribution in [0, 0.1) is 5.92 Å². The lowest BCUT2D eigenvalue weighted by molar-refractivity contribution is 0.208. The number of hydrogen-bond acceptors (Lipinski definition) is 1. The van der Waals surface area contributed by atoms with Crippen LogP contribution in [0.3, 0.4) is 0 Å². The second-order valence-electron chi connectivity index (χ2n) is 3.90. The highest BCUT2D eigenvalue weighted by molar-refractivity contribution is 4.84. The average Bonchev–Trinajstić information content (AvgIpc) is 2.14. The summed E-state index contributed by atoms with van der Waals surface area (Å²) in [7, 11) is 2.25. The molecular weight excluding hydrogens is 122 g/mol. The van der Waals surface area contributed by atoms with Gasteiger partial charge in [-0.25, -0.2) is 0 Å². The largest absolute Gasteiger partial charge is 0.300 e. The molecule has 0 bridgehead atoms. The Labute approximate surface area is 64.4 Å². The zero-order valence-corrected chi connectivity index (χ0v) is 7.59. The summed E-state index contributed by atoms with van der Waals surface area (Å²) in [5.74, 6) is 0.829. The van der Waals surface area contributed by atoms with E-state index in [1.807, 2.05) is 0 Å². The van der Waals surface area contributed by atoms with Crippen molar-refractivity contribution in [3.05, 3.63) is 0 Å². The van der Waals surface area contributed by atoms with Crippen molar-refractivity contribution >= 4 is 0 Å². The predicted molar refractivity (Wildman–Crippen MR) is 45.1 cm³/mol. The third kappa shape index (κ3) is 1.34. The van der Waals surface area contributed by atoms with E-state index in [1.165, 1.54) is 12.8 Å². The quantitative estimate of drug-likeness (QED) is 0.540. The monoisotopic (exact) mass is 141 g/mol. The minimum atomic E-state index is 0.812. The van der Waals surface area contributed by atoms with Crippen molar-refractivity contribution in [3.63, 3.8) is 0 Å². The van der Waals surface area contributed by atoms with Crippen molar-refractivity contribution < 1.29 is 0 Å². The van der Waals surface area contributed by atoms with Crippen LogP contribution >= 0.6 is 0 Å². The molecule has 0 spiro atoms. The lowest BCUT2D eigenvalue weighted by atomic mass is 10.0. The summed E-state index contributed by atoms with van der Waals surface area (Å²) in [5.41, 5.74) is 0. The van der Waals surface area contributed by atoms with Crippen LogP contribution in [0.1, 0.15) is 33.6 Å².